The van der Waals surface area contributed by atoms with Crippen LogP contribution >= 0.6 is 31.9 Å². The third-order valence-electron chi connectivity index (χ3n) is 2.28. The Morgan fingerprint density at radius 1 is 1.38 bits per heavy atom. The van der Waals surface area contributed by atoms with Crippen LogP contribution in [0.3, 0.4) is 0 Å². The van der Waals surface area contributed by atoms with Crippen molar-refractivity contribution in [3.05, 3.63) is 21.2 Å². The van der Waals surface area contributed by atoms with Crippen LogP contribution in [0.4, 0.5) is 5.82 Å². The van der Waals surface area contributed by atoms with E-state index in [0.717, 1.165) is 40.9 Å². The monoisotopic (exact) mass is 349 g/mol. The lowest BCUT2D eigenvalue weighted by Gasteiger charge is -2.23. The smallest absolute Gasteiger partial charge is 0.142 e. The Morgan fingerprint density at radius 2 is 2.12 bits per heavy atom. The molecule has 0 fully saturated rings. The fraction of sp³-hybridized carbons (Fsp3) is 0.545. The molecule has 5 heteroatoms. The second-order valence-corrected chi connectivity index (χ2v) is 5.16. The van der Waals surface area contributed by atoms with Gasteiger partial charge in [0.05, 0.1) is 4.47 Å². The lowest BCUT2D eigenvalue weighted by molar-refractivity contribution is 0.683. The van der Waals surface area contributed by atoms with Crippen molar-refractivity contribution in [3.63, 3.8) is 0 Å². The zero-order valence-corrected chi connectivity index (χ0v) is 12.8. The summed E-state index contributed by atoms with van der Waals surface area (Å²) in [6.45, 7) is 8.17. The van der Waals surface area contributed by atoms with Crippen molar-refractivity contribution in [1.29, 1.82) is 0 Å². The molecule has 0 spiro atoms. The molecule has 1 aromatic rings. The predicted octanol–water partition coefficient (Wildman–Crippen LogP) is 3.04. The van der Waals surface area contributed by atoms with E-state index in [1.54, 1.807) is 0 Å². The number of pyridine rings is 1. The van der Waals surface area contributed by atoms with Crippen LogP contribution in [0, 0.1) is 0 Å². The minimum atomic E-state index is 0.957. The van der Waals surface area contributed by atoms with E-state index >= 15 is 0 Å². The molecule has 0 bridgehead atoms. The minimum Gasteiger partial charge on any atom is -0.355 e. The van der Waals surface area contributed by atoms with Crippen molar-refractivity contribution in [2.75, 3.05) is 31.1 Å². The van der Waals surface area contributed by atoms with Crippen molar-refractivity contribution in [2.45, 2.75) is 13.8 Å². The Kier molecular flexibility index (Phi) is 6.31. The quantitative estimate of drug-likeness (QED) is 0.799. The average Bonchev–Trinajstić information content (AvgIpc) is 2.26. The third kappa shape index (κ3) is 4.03. The van der Waals surface area contributed by atoms with Crippen molar-refractivity contribution < 1.29 is 0 Å². The molecule has 16 heavy (non-hydrogen) atoms. The number of hydrogen-bond donors (Lipinski definition) is 1. The summed E-state index contributed by atoms with van der Waals surface area (Å²) >= 11 is 6.95. The second kappa shape index (κ2) is 7.25. The Morgan fingerprint density at radius 3 is 2.69 bits per heavy atom. The Hall–Kier alpha value is -0.130. The predicted molar refractivity (Wildman–Crippen MR) is 76.1 cm³/mol. The summed E-state index contributed by atoms with van der Waals surface area (Å²) in [4.78, 5) is 6.68. The maximum Gasteiger partial charge on any atom is 0.142 e. The van der Waals surface area contributed by atoms with Crippen LogP contribution in [0.1, 0.15) is 13.8 Å². The maximum atomic E-state index is 4.43. The molecule has 1 heterocycles. The van der Waals surface area contributed by atoms with Gasteiger partial charge in [0.15, 0.2) is 0 Å². The zero-order valence-electron chi connectivity index (χ0n) is 9.63. The van der Waals surface area contributed by atoms with Crippen molar-refractivity contribution >= 4 is 37.7 Å². The maximum absolute atomic E-state index is 4.43. The number of rotatable bonds is 6. The molecule has 0 atom stereocenters. The summed E-state index contributed by atoms with van der Waals surface area (Å²) in [6, 6.07) is 2.03. The van der Waals surface area contributed by atoms with Gasteiger partial charge in [-0.05, 0) is 51.4 Å². The Bertz CT molecular complexity index is 331. The molecule has 90 valence electrons. The van der Waals surface area contributed by atoms with E-state index in [2.05, 4.69) is 60.9 Å². The summed E-state index contributed by atoms with van der Waals surface area (Å²) < 4.78 is 2.02. The molecule has 1 N–H and O–H groups in total. The summed E-state index contributed by atoms with van der Waals surface area (Å²) in [5, 5.41) is 3.32. The first-order valence-electron chi connectivity index (χ1n) is 5.45. The van der Waals surface area contributed by atoms with E-state index < -0.39 is 0 Å². The van der Waals surface area contributed by atoms with Gasteiger partial charge in [0.1, 0.15) is 5.82 Å². The molecule has 0 aromatic carbocycles. The normalized spacial score (nSPS) is 10.5. The number of aromatic nitrogens is 1. The lowest BCUT2D eigenvalue weighted by atomic mass is 10.4. The molecule has 0 aliphatic rings. The molecule has 0 radical (unpaired) electrons. The first-order chi connectivity index (χ1) is 7.69. The van der Waals surface area contributed by atoms with E-state index in [1.165, 1.54) is 0 Å². The fourth-order valence-corrected chi connectivity index (χ4v) is 2.68. The molecular weight excluding hydrogens is 334 g/mol. The minimum absolute atomic E-state index is 0.957. The highest BCUT2D eigenvalue weighted by molar-refractivity contribution is 9.11. The summed E-state index contributed by atoms with van der Waals surface area (Å²) in [6.07, 6.45) is 1.83. The summed E-state index contributed by atoms with van der Waals surface area (Å²) in [7, 11) is 0. The van der Waals surface area contributed by atoms with Crippen LogP contribution in [0.2, 0.25) is 0 Å². The molecule has 0 aliphatic carbocycles. The Labute approximate surface area is 114 Å². The number of anilines is 1. The van der Waals surface area contributed by atoms with Gasteiger partial charge in [0.25, 0.3) is 0 Å². The van der Waals surface area contributed by atoms with E-state index in [1.807, 2.05) is 12.3 Å². The largest absolute Gasteiger partial charge is 0.355 e. The van der Waals surface area contributed by atoms with Gasteiger partial charge in [-0.15, -0.1) is 0 Å². The highest BCUT2D eigenvalue weighted by atomic mass is 79.9. The SMILES string of the molecule is CCNCCN(CC)c1ncc(Br)cc1Br. The second-order valence-electron chi connectivity index (χ2n) is 3.39. The van der Waals surface area contributed by atoms with Crippen molar-refractivity contribution in [2.24, 2.45) is 0 Å². The highest BCUT2D eigenvalue weighted by Gasteiger charge is 2.09. The number of halogens is 2. The third-order valence-corrected chi connectivity index (χ3v) is 3.30. The van der Waals surface area contributed by atoms with Gasteiger partial charge >= 0.3 is 0 Å². The van der Waals surface area contributed by atoms with Crippen LogP contribution < -0.4 is 10.2 Å². The molecule has 0 aliphatic heterocycles. The van der Waals surface area contributed by atoms with Crippen LogP contribution in [-0.4, -0.2) is 31.2 Å². The lowest BCUT2D eigenvalue weighted by Crippen LogP contribution is -2.32. The zero-order chi connectivity index (χ0) is 12.0. The molecular formula is C11H17Br2N3. The number of nitrogens with zero attached hydrogens (tertiary/aromatic N) is 2. The summed E-state index contributed by atoms with van der Waals surface area (Å²) in [5.74, 6) is 1.00. The number of hydrogen-bond acceptors (Lipinski definition) is 3. The first-order valence-corrected chi connectivity index (χ1v) is 7.04. The number of nitrogens with one attached hydrogen (secondary N) is 1. The molecule has 3 nitrogen and oxygen atoms in total. The van der Waals surface area contributed by atoms with Gasteiger partial charge < -0.3 is 10.2 Å². The molecule has 1 rings (SSSR count). The number of likely N-dealkylation sites (N-methyl/N-ethyl adjacent to an activating group) is 2. The van der Waals surface area contributed by atoms with Crippen LogP contribution in [-0.2, 0) is 0 Å². The van der Waals surface area contributed by atoms with Gasteiger partial charge in [0, 0.05) is 30.3 Å². The van der Waals surface area contributed by atoms with Crippen molar-refractivity contribution in [3.8, 4) is 0 Å². The Balaban J connectivity index is 2.70. The molecule has 0 unspecified atom stereocenters. The van der Waals surface area contributed by atoms with Crippen LogP contribution in [0.25, 0.3) is 0 Å². The first kappa shape index (κ1) is 13.9. The van der Waals surface area contributed by atoms with E-state index in [0.29, 0.717) is 0 Å². The summed E-state index contributed by atoms with van der Waals surface area (Å²) in [5.41, 5.74) is 0. The highest BCUT2D eigenvalue weighted by Crippen LogP contribution is 2.26. The standard InChI is InChI=1S/C11H17Br2N3/c1-3-14-5-6-16(4-2)11-10(13)7-9(12)8-15-11/h7-8,14H,3-6H2,1-2H3. The van der Waals surface area contributed by atoms with Gasteiger partial charge in [-0.2, -0.15) is 0 Å². The fourth-order valence-electron chi connectivity index (χ4n) is 1.44. The van der Waals surface area contributed by atoms with Gasteiger partial charge in [-0.3, -0.25) is 0 Å². The van der Waals surface area contributed by atoms with Crippen molar-refractivity contribution in [1.82, 2.24) is 10.3 Å². The molecule has 1 aromatic heterocycles. The van der Waals surface area contributed by atoms with Crippen LogP contribution in [0.5, 0.6) is 0 Å². The van der Waals surface area contributed by atoms with Gasteiger partial charge in [-0.25, -0.2) is 4.98 Å². The van der Waals surface area contributed by atoms with E-state index in [-0.39, 0.29) is 0 Å². The average molecular weight is 351 g/mol. The molecule has 0 saturated heterocycles. The van der Waals surface area contributed by atoms with E-state index in [4.69, 9.17) is 0 Å². The molecule has 0 saturated carbocycles. The van der Waals surface area contributed by atoms with E-state index in [9.17, 15) is 0 Å². The van der Waals surface area contributed by atoms with Gasteiger partial charge in [-0.1, -0.05) is 6.92 Å². The van der Waals surface area contributed by atoms with Gasteiger partial charge in [0.2, 0.25) is 0 Å². The van der Waals surface area contributed by atoms with Crippen LogP contribution in [0.15, 0.2) is 21.2 Å². The topological polar surface area (TPSA) is 28.2 Å². The molecule has 0 amide bonds.